The lowest BCUT2D eigenvalue weighted by molar-refractivity contribution is 0.0854. The van der Waals surface area contributed by atoms with Crippen LogP contribution in [0.5, 0.6) is 0 Å². The van der Waals surface area contributed by atoms with Gasteiger partial charge >= 0.3 is 0 Å². The molecule has 0 unspecified atom stereocenters. The summed E-state index contributed by atoms with van der Waals surface area (Å²) in [5, 5.41) is 0. The van der Waals surface area contributed by atoms with E-state index in [1.165, 1.54) is 6.07 Å². The summed E-state index contributed by atoms with van der Waals surface area (Å²) >= 11 is 3.11. The van der Waals surface area contributed by atoms with Gasteiger partial charge in [0.05, 0.1) is 4.47 Å². The number of hydrogen-bond acceptors (Lipinski definition) is 1. The Morgan fingerprint density at radius 3 is 2.71 bits per heavy atom. The van der Waals surface area contributed by atoms with Gasteiger partial charge in [-0.25, -0.2) is 4.39 Å². The van der Waals surface area contributed by atoms with Crippen LogP contribution in [0.25, 0.3) is 0 Å². The molecule has 1 aliphatic carbocycles. The number of rotatable bonds is 2. The Morgan fingerprint density at radius 2 is 2.14 bits per heavy atom. The van der Waals surface area contributed by atoms with E-state index in [0.29, 0.717) is 10.0 Å². The normalized spacial score (nSPS) is 16.4. The van der Waals surface area contributed by atoms with E-state index in [2.05, 4.69) is 15.9 Å². The lowest BCUT2D eigenvalue weighted by atomic mass is 9.80. The highest BCUT2D eigenvalue weighted by atomic mass is 79.9. The average molecular weight is 257 g/mol. The molecule has 0 N–H and O–H groups in total. The van der Waals surface area contributed by atoms with Crippen molar-refractivity contribution in [2.24, 2.45) is 5.92 Å². The number of carbonyl (C=O) groups excluding carboxylic acids is 1. The molecule has 0 heterocycles. The number of carbonyl (C=O) groups is 1. The van der Waals surface area contributed by atoms with Crippen molar-refractivity contribution < 1.29 is 9.18 Å². The maximum atomic E-state index is 13.1. The molecule has 1 aromatic rings. The minimum Gasteiger partial charge on any atom is -0.294 e. The molecular formula is C11H10BrFO. The lowest BCUT2D eigenvalue weighted by Gasteiger charge is -2.24. The van der Waals surface area contributed by atoms with Gasteiger partial charge in [0.25, 0.3) is 0 Å². The van der Waals surface area contributed by atoms with Crippen LogP contribution in [-0.2, 0) is 0 Å². The first kappa shape index (κ1) is 9.84. The fraction of sp³-hybridized carbons (Fsp3) is 0.364. The van der Waals surface area contributed by atoms with Crippen LogP contribution in [0.3, 0.4) is 0 Å². The molecule has 1 saturated carbocycles. The number of hydrogen-bond donors (Lipinski definition) is 0. The Morgan fingerprint density at radius 1 is 1.43 bits per heavy atom. The fourth-order valence-electron chi connectivity index (χ4n) is 1.58. The van der Waals surface area contributed by atoms with Crippen LogP contribution >= 0.6 is 15.9 Å². The van der Waals surface area contributed by atoms with Gasteiger partial charge in [-0.05, 0) is 34.8 Å². The van der Waals surface area contributed by atoms with Gasteiger partial charge in [-0.2, -0.15) is 0 Å². The largest absolute Gasteiger partial charge is 0.294 e. The van der Waals surface area contributed by atoms with Gasteiger partial charge in [0, 0.05) is 11.5 Å². The molecule has 0 saturated heterocycles. The minimum atomic E-state index is -0.366. The van der Waals surface area contributed by atoms with Crippen LogP contribution in [0.1, 0.15) is 29.6 Å². The second-order valence-corrected chi connectivity index (χ2v) is 4.39. The van der Waals surface area contributed by atoms with Crippen molar-refractivity contribution >= 4 is 21.7 Å². The first-order valence-electron chi connectivity index (χ1n) is 4.68. The van der Waals surface area contributed by atoms with Crippen LogP contribution in [-0.4, -0.2) is 5.78 Å². The average Bonchev–Trinajstić information content (AvgIpc) is 2.06. The van der Waals surface area contributed by atoms with Crippen LogP contribution in [0, 0.1) is 11.7 Å². The van der Waals surface area contributed by atoms with E-state index in [0.717, 1.165) is 19.3 Å². The van der Waals surface area contributed by atoms with Gasteiger partial charge < -0.3 is 0 Å². The van der Waals surface area contributed by atoms with Crippen LogP contribution in [0.15, 0.2) is 22.7 Å². The molecular weight excluding hydrogens is 247 g/mol. The molecule has 0 aromatic heterocycles. The van der Waals surface area contributed by atoms with Crippen molar-refractivity contribution in [1.29, 1.82) is 0 Å². The monoisotopic (exact) mass is 256 g/mol. The van der Waals surface area contributed by atoms with E-state index in [-0.39, 0.29) is 17.5 Å². The van der Waals surface area contributed by atoms with Gasteiger partial charge in [0.1, 0.15) is 5.82 Å². The second-order valence-electron chi connectivity index (χ2n) is 3.59. The molecule has 0 radical (unpaired) electrons. The number of ketones is 1. The molecule has 2 rings (SSSR count). The van der Waals surface area contributed by atoms with Crippen molar-refractivity contribution in [3.8, 4) is 0 Å². The van der Waals surface area contributed by atoms with Crippen molar-refractivity contribution in [3.05, 3.63) is 34.1 Å². The summed E-state index contributed by atoms with van der Waals surface area (Å²) in [6, 6.07) is 4.60. The molecule has 74 valence electrons. The molecule has 0 atom stereocenters. The van der Waals surface area contributed by atoms with E-state index < -0.39 is 0 Å². The smallest absolute Gasteiger partial charge is 0.167 e. The predicted octanol–water partition coefficient (Wildman–Crippen LogP) is 3.57. The zero-order chi connectivity index (χ0) is 10.1. The highest BCUT2D eigenvalue weighted by Gasteiger charge is 2.27. The van der Waals surface area contributed by atoms with Gasteiger partial charge in [-0.15, -0.1) is 0 Å². The summed E-state index contributed by atoms with van der Waals surface area (Å²) in [5.41, 5.74) is 0.481. The van der Waals surface area contributed by atoms with Gasteiger partial charge in [0.15, 0.2) is 5.78 Å². The third-order valence-electron chi connectivity index (χ3n) is 2.69. The van der Waals surface area contributed by atoms with Crippen molar-refractivity contribution in [1.82, 2.24) is 0 Å². The minimum absolute atomic E-state index is 0.0719. The first-order valence-corrected chi connectivity index (χ1v) is 5.47. The summed E-state index contributed by atoms with van der Waals surface area (Å²) in [5.74, 6) is -0.175. The molecule has 3 heteroatoms. The number of Topliss-reactive ketones (excluding diaryl/α,β-unsaturated/α-hetero) is 1. The zero-order valence-corrected chi connectivity index (χ0v) is 9.18. The molecule has 14 heavy (non-hydrogen) atoms. The van der Waals surface area contributed by atoms with Crippen LogP contribution < -0.4 is 0 Å². The molecule has 0 aliphatic heterocycles. The summed E-state index contributed by atoms with van der Waals surface area (Å²) in [6.07, 6.45) is 3.01. The highest BCUT2D eigenvalue weighted by Crippen LogP contribution is 2.32. The standard InChI is InChI=1S/C11H10BrFO/c12-10-8(5-2-6-9(10)13)11(14)7-3-1-4-7/h2,5-7H,1,3-4H2. The SMILES string of the molecule is O=C(c1cccc(F)c1Br)C1CCC1. The number of halogens is 2. The Kier molecular flexibility index (Phi) is 2.68. The fourth-order valence-corrected chi connectivity index (χ4v) is 2.04. The quantitative estimate of drug-likeness (QED) is 0.740. The van der Waals surface area contributed by atoms with Crippen molar-refractivity contribution in [2.75, 3.05) is 0 Å². The Labute approximate surface area is 90.4 Å². The Bertz CT molecular complexity index is 372. The van der Waals surface area contributed by atoms with E-state index in [1.807, 2.05) is 0 Å². The first-order chi connectivity index (χ1) is 6.70. The molecule has 0 bridgehead atoms. The summed E-state index contributed by atoms with van der Waals surface area (Å²) in [4.78, 5) is 11.8. The van der Waals surface area contributed by atoms with Crippen molar-refractivity contribution in [2.45, 2.75) is 19.3 Å². The summed E-state index contributed by atoms with van der Waals surface area (Å²) in [7, 11) is 0. The van der Waals surface area contributed by atoms with E-state index >= 15 is 0 Å². The summed E-state index contributed by atoms with van der Waals surface area (Å²) < 4.78 is 13.4. The molecule has 1 aromatic carbocycles. The van der Waals surface area contributed by atoms with E-state index in [4.69, 9.17) is 0 Å². The number of benzene rings is 1. The van der Waals surface area contributed by atoms with Crippen molar-refractivity contribution in [3.63, 3.8) is 0 Å². The predicted molar refractivity (Wildman–Crippen MR) is 55.8 cm³/mol. The molecule has 1 fully saturated rings. The maximum Gasteiger partial charge on any atom is 0.167 e. The van der Waals surface area contributed by atoms with E-state index in [9.17, 15) is 9.18 Å². The molecule has 1 nitrogen and oxygen atoms in total. The van der Waals surface area contributed by atoms with Gasteiger partial charge in [-0.3, -0.25) is 4.79 Å². The van der Waals surface area contributed by atoms with Gasteiger partial charge in [-0.1, -0.05) is 18.6 Å². The maximum absolute atomic E-state index is 13.1. The molecule has 1 aliphatic rings. The summed E-state index contributed by atoms with van der Waals surface area (Å²) in [6.45, 7) is 0. The van der Waals surface area contributed by atoms with E-state index in [1.54, 1.807) is 12.1 Å². The lowest BCUT2D eigenvalue weighted by Crippen LogP contribution is -2.22. The third-order valence-corrected chi connectivity index (χ3v) is 3.50. The van der Waals surface area contributed by atoms with Crippen LogP contribution in [0.4, 0.5) is 4.39 Å². The Hall–Kier alpha value is -0.700. The molecule has 0 spiro atoms. The second kappa shape index (κ2) is 3.81. The highest BCUT2D eigenvalue weighted by molar-refractivity contribution is 9.10. The zero-order valence-electron chi connectivity index (χ0n) is 7.59. The topological polar surface area (TPSA) is 17.1 Å². The van der Waals surface area contributed by atoms with Crippen LogP contribution in [0.2, 0.25) is 0 Å². The Balaban J connectivity index is 2.31. The third kappa shape index (κ3) is 1.61. The van der Waals surface area contributed by atoms with Gasteiger partial charge in [0.2, 0.25) is 0 Å². The molecule has 0 amide bonds.